The number of nitro benzene ring substituents is 1. The Morgan fingerprint density at radius 1 is 1.43 bits per heavy atom. The van der Waals surface area contributed by atoms with Crippen LogP contribution < -0.4 is 0 Å². The fourth-order valence-electron chi connectivity index (χ4n) is 2.70. The minimum Gasteiger partial charge on any atom is -0.507 e. The maximum atomic E-state index is 12.5. The minimum absolute atomic E-state index is 0.100. The average molecular weight is 322 g/mol. The Bertz CT molecular complexity index is 576. The van der Waals surface area contributed by atoms with Crippen molar-refractivity contribution in [3.8, 4) is 5.75 Å². The Labute approximate surface area is 135 Å². The van der Waals surface area contributed by atoms with Gasteiger partial charge in [-0.3, -0.25) is 14.9 Å². The Morgan fingerprint density at radius 2 is 2.22 bits per heavy atom. The molecule has 0 aromatic heterocycles. The molecule has 1 aromatic carbocycles. The van der Waals surface area contributed by atoms with E-state index in [9.17, 15) is 20.0 Å². The molecule has 1 aliphatic heterocycles. The topological polar surface area (TPSA) is 92.9 Å². The van der Waals surface area contributed by atoms with E-state index in [4.69, 9.17) is 4.74 Å². The van der Waals surface area contributed by atoms with Gasteiger partial charge in [0.25, 0.3) is 11.6 Å². The Balaban J connectivity index is 2.04. The number of phenolic OH excluding ortho intramolecular Hbond substituents is 1. The first-order valence-electron chi connectivity index (χ1n) is 7.91. The van der Waals surface area contributed by atoms with Gasteiger partial charge >= 0.3 is 0 Å². The summed E-state index contributed by atoms with van der Waals surface area (Å²) >= 11 is 0. The SMILES string of the molecule is CCCOC1CCCN(C(=O)c2ccc([N+](=O)[O-])cc2O)CC1. The zero-order valence-corrected chi connectivity index (χ0v) is 13.2. The van der Waals surface area contributed by atoms with Gasteiger partial charge in [0.1, 0.15) is 5.75 Å². The highest BCUT2D eigenvalue weighted by Crippen LogP contribution is 2.26. The van der Waals surface area contributed by atoms with Crippen molar-refractivity contribution < 1.29 is 19.6 Å². The summed E-state index contributed by atoms with van der Waals surface area (Å²) in [7, 11) is 0. The molecule has 7 nitrogen and oxygen atoms in total. The van der Waals surface area contributed by atoms with E-state index in [-0.39, 0.29) is 29.0 Å². The predicted molar refractivity (Wildman–Crippen MR) is 84.5 cm³/mol. The Kier molecular flexibility index (Phi) is 5.92. The molecule has 126 valence electrons. The number of non-ortho nitro benzene ring substituents is 1. The third-order valence-electron chi connectivity index (χ3n) is 3.94. The summed E-state index contributed by atoms with van der Waals surface area (Å²) in [6.45, 7) is 3.94. The molecule has 0 bridgehead atoms. The van der Waals surface area contributed by atoms with Crippen LogP contribution in [-0.2, 0) is 4.74 Å². The monoisotopic (exact) mass is 322 g/mol. The van der Waals surface area contributed by atoms with Gasteiger partial charge in [0.2, 0.25) is 0 Å². The molecule has 1 atom stereocenters. The summed E-state index contributed by atoms with van der Waals surface area (Å²) < 4.78 is 5.75. The van der Waals surface area contributed by atoms with Crippen LogP contribution in [0.3, 0.4) is 0 Å². The van der Waals surface area contributed by atoms with Gasteiger partial charge in [-0.15, -0.1) is 0 Å². The van der Waals surface area contributed by atoms with Crippen LogP contribution in [0.15, 0.2) is 18.2 Å². The number of nitrogens with zero attached hydrogens (tertiary/aromatic N) is 2. The van der Waals surface area contributed by atoms with E-state index < -0.39 is 4.92 Å². The molecule has 1 aliphatic rings. The van der Waals surface area contributed by atoms with Gasteiger partial charge in [-0.05, 0) is 31.7 Å². The second-order valence-electron chi connectivity index (χ2n) is 5.67. The van der Waals surface area contributed by atoms with E-state index in [1.54, 1.807) is 4.90 Å². The second kappa shape index (κ2) is 7.92. The summed E-state index contributed by atoms with van der Waals surface area (Å²) in [5, 5.41) is 20.6. The van der Waals surface area contributed by atoms with Crippen molar-refractivity contribution in [1.82, 2.24) is 4.90 Å². The maximum absolute atomic E-state index is 12.5. The number of carbonyl (C=O) groups is 1. The standard InChI is InChI=1S/C16H22N2O5/c1-2-10-23-13-4-3-8-17(9-7-13)16(20)14-6-5-12(18(21)22)11-15(14)19/h5-6,11,13,19H,2-4,7-10H2,1H3. The number of rotatable bonds is 5. The van der Waals surface area contributed by atoms with E-state index in [1.165, 1.54) is 12.1 Å². The van der Waals surface area contributed by atoms with E-state index in [1.807, 2.05) is 0 Å². The average Bonchev–Trinajstić information content (AvgIpc) is 2.77. The number of nitro groups is 1. The molecule has 23 heavy (non-hydrogen) atoms. The molecule has 1 saturated heterocycles. The van der Waals surface area contributed by atoms with Crippen molar-refractivity contribution >= 4 is 11.6 Å². The number of carbonyl (C=O) groups excluding carboxylic acids is 1. The summed E-state index contributed by atoms with van der Waals surface area (Å²) in [5.74, 6) is -0.652. The van der Waals surface area contributed by atoms with Gasteiger partial charge in [-0.2, -0.15) is 0 Å². The quantitative estimate of drug-likeness (QED) is 0.664. The van der Waals surface area contributed by atoms with Crippen molar-refractivity contribution in [1.29, 1.82) is 0 Å². The van der Waals surface area contributed by atoms with E-state index in [2.05, 4.69) is 6.92 Å². The number of likely N-dealkylation sites (tertiary alicyclic amines) is 1. The lowest BCUT2D eigenvalue weighted by Crippen LogP contribution is -2.32. The fraction of sp³-hybridized carbons (Fsp3) is 0.562. The number of hydrogen-bond donors (Lipinski definition) is 1. The van der Waals surface area contributed by atoms with E-state index in [0.717, 1.165) is 38.4 Å². The van der Waals surface area contributed by atoms with Crippen LogP contribution in [0.2, 0.25) is 0 Å². The molecule has 1 unspecified atom stereocenters. The lowest BCUT2D eigenvalue weighted by molar-refractivity contribution is -0.384. The van der Waals surface area contributed by atoms with Crippen molar-refractivity contribution in [2.75, 3.05) is 19.7 Å². The smallest absolute Gasteiger partial charge is 0.273 e. The minimum atomic E-state index is -0.602. The van der Waals surface area contributed by atoms with Gasteiger partial charge in [0.05, 0.1) is 22.7 Å². The van der Waals surface area contributed by atoms with E-state index in [0.29, 0.717) is 13.1 Å². The molecule has 1 heterocycles. The zero-order valence-electron chi connectivity index (χ0n) is 13.2. The molecule has 0 saturated carbocycles. The van der Waals surface area contributed by atoms with Gasteiger partial charge < -0.3 is 14.7 Å². The number of phenols is 1. The number of aromatic hydroxyl groups is 1. The number of ether oxygens (including phenoxy) is 1. The van der Waals surface area contributed by atoms with Crippen LogP contribution in [0.5, 0.6) is 5.75 Å². The molecule has 1 aromatic rings. The number of benzene rings is 1. The van der Waals surface area contributed by atoms with Gasteiger partial charge in [0.15, 0.2) is 0 Å². The van der Waals surface area contributed by atoms with E-state index >= 15 is 0 Å². The van der Waals surface area contributed by atoms with Gasteiger partial charge in [-0.1, -0.05) is 6.92 Å². The number of amides is 1. The molecular formula is C16H22N2O5. The molecule has 2 rings (SSSR count). The first kappa shape index (κ1) is 17.2. The maximum Gasteiger partial charge on any atom is 0.273 e. The molecule has 0 radical (unpaired) electrons. The summed E-state index contributed by atoms with van der Waals surface area (Å²) in [6, 6.07) is 3.56. The molecule has 1 N–H and O–H groups in total. The van der Waals surface area contributed by atoms with Gasteiger partial charge in [0, 0.05) is 25.8 Å². The normalized spacial score (nSPS) is 18.5. The van der Waals surface area contributed by atoms with Crippen molar-refractivity contribution in [2.45, 2.75) is 38.7 Å². The summed E-state index contributed by atoms with van der Waals surface area (Å²) in [4.78, 5) is 24.3. The predicted octanol–water partition coefficient (Wildman–Crippen LogP) is 2.72. The molecule has 1 amide bonds. The van der Waals surface area contributed by atoms with Gasteiger partial charge in [-0.25, -0.2) is 0 Å². The number of hydrogen-bond acceptors (Lipinski definition) is 5. The Morgan fingerprint density at radius 3 is 2.87 bits per heavy atom. The van der Waals surface area contributed by atoms with Crippen LogP contribution in [0.4, 0.5) is 5.69 Å². The largest absolute Gasteiger partial charge is 0.507 e. The van der Waals surface area contributed by atoms with Crippen LogP contribution in [0.25, 0.3) is 0 Å². The third kappa shape index (κ3) is 4.41. The van der Waals surface area contributed by atoms with Crippen LogP contribution in [0.1, 0.15) is 43.0 Å². The summed E-state index contributed by atoms with van der Waals surface area (Å²) in [5.41, 5.74) is -0.133. The molecule has 1 fully saturated rings. The second-order valence-corrected chi connectivity index (χ2v) is 5.67. The molecular weight excluding hydrogens is 300 g/mol. The lowest BCUT2D eigenvalue weighted by Gasteiger charge is -2.21. The fourth-order valence-corrected chi connectivity index (χ4v) is 2.70. The zero-order chi connectivity index (χ0) is 16.8. The molecule has 0 spiro atoms. The van der Waals surface area contributed by atoms with Crippen molar-refractivity contribution in [3.63, 3.8) is 0 Å². The highest BCUT2D eigenvalue weighted by molar-refractivity contribution is 5.97. The first-order chi connectivity index (χ1) is 11.0. The van der Waals surface area contributed by atoms with Crippen molar-refractivity contribution in [2.24, 2.45) is 0 Å². The van der Waals surface area contributed by atoms with Crippen LogP contribution >= 0.6 is 0 Å². The highest BCUT2D eigenvalue weighted by atomic mass is 16.6. The van der Waals surface area contributed by atoms with Crippen LogP contribution in [-0.4, -0.2) is 46.6 Å². The lowest BCUT2D eigenvalue weighted by atomic mass is 10.1. The Hall–Kier alpha value is -2.15. The molecule has 7 heteroatoms. The van der Waals surface area contributed by atoms with Crippen molar-refractivity contribution in [3.05, 3.63) is 33.9 Å². The van der Waals surface area contributed by atoms with Crippen LogP contribution in [0, 0.1) is 10.1 Å². The molecule has 0 aliphatic carbocycles. The first-order valence-corrected chi connectivity index (χ1v) is 7.91. The third-order valence-corrected chi connectivity index (χ3v) is 3.94. The summed E-state index contributed by atoms with van der Waals surface area (Å²) in [6.07, 6.45) is 3.65. The highest BCUT2D eigenvalue weighted by Gasteiger charge is 2.24.